The van der Waals surface area contributed by atoms with Gasteiger partial charge in [-0.15, -0.1) is 22.7 Å². The summed E-state index contributed by atoms with van der Waals surface area (Å²) < 4.78 is 12.7. The molecule has 0 aliphatic carbocycles. The van der Waals surface area contributed by atoms with Crippen molar-refractivity contribution in [3.05, 3.63) is 212 Å². The van der Waals surface area contributed by atoms with Crippen molar-refractivity contribution in [2.75, 3.05) is 0 Å². The highest BCUT2D eigenvalue weighted by Gasteiger charge is 2.20. The summed E-state index contributed by atoms with van der Waals surface area (Å²) in [5.41, 5.74) is 14.5. The van der Waals surface area contributed by atoms with Crippen LogP contribution in [0.2, 0.25) is 0 Å². The fourth-order valence-corrected chi connectivity index (χ4v) is 13.6. The highest BCUT2D eigenvalue weighted by atomic mass is 32.1. The molecule has 0 radical (unpaired) electrons. The number of aromatic nitrogens is 3. The summed E-state index contributed by atoms with van der Waals surface area (Å²) in [4.78, 5) is 0. The predicted molar refractivity (Wildman–Crippen MR) is 295 cm³/mol. The van der Waals surface area contributed by atoms with Crippen LogP contribution < -0.4 is 0 Å². The molecule has 5 aromatic heterocycles. The van der Waals surface area contributed by atoms with Gasteiger partial charge in [-0.3, -0.25) is 0 Å². The smallest absolute Gasteiger partial charge is 0.0542 e. The molecule has 0 aliphatic rings. The van der Waals surface area contributed by atoms with Gasteiger partial charge in [-0.25, -0.2) is 0 Å². The van der Waals surface area contributed by atoms with E-state index in [-0.39, 0.29) is 0 Å². The minimum atomic E-state index is 0.512. The van der Waals surface area contributed by atoms with Crippen LogP contribution in [-0.2, 0) is 0 Å². The van der Waals surface area contributed by atoms with Gasteiger partial charge in [0.15, 0.2) is 0 Å². The van der Waals surface area contributed by atoms with Gasteiger partial charge in [0.05, 0.1) is 33.1 Å². The highest BCUT2D eigenvalue weighted by Crippen LogP contribution is 2.44. The molecule has 0 bridgehead atoms. The first-order valence-corrected chi connectivity index (χ1v) is 25.1. The molecule has 0 N–H and O–H groups in total. The van der Waals surface area contributed by atoms with E-state index >= 15 is 0 Å². The average Bonchev–Trinajstić information content (AvgIpc) is 4.19. The number of hydrogen-bond donors (Lipinski definition) is 0. The molecule has 0 atom stereocenters. The van der Waals surface area contributed by atoms with E-state index in [0.717, 1.165) is 17.1 Å². The molecule has 0 unspecified atom stereocenters. The Kier molecular flexibility index (Phi) is 8.01. The second-order valence-electron chi connectivity index (χ2n) is 18.7. The van der Waals surface area contributed by atoms with Crippen molar-refractivity contribution in [2.24, 2.45) is 0 Å². The lowest BCUT2D eigenvalue weighted by molar-refractivity contribution is 0.869. The van der Waals surface area contributed by atoms with Crippen LogP contribution in [0.3, 0.4) is 0 Å². The lowest BCUT2D eigenvalue weighted by Crippen LogP contribution is -1.96. The number of rotatable bonds is 5. The zero-order chi connectivity index (χ0) is 44.8. The number of thiophene rings is 2. The van der Waals surface area contributed by atoms with Crippen LogP contribution >= 0.6 is 22.7 Å². The summed E-state index contributed by atoms with van der Waals surface area (Å²) in [6, 6.07) is 77.5. The summed E-state index contributed by atoms with van der Waals surface area (Å²) in [6.45, 7) is 4.55. The van der Waals surface area contributed by atoms with Crippen molar-refractivity contribution in [3.8, 4) is 28.2 Å². The standard InChI is InChI=1S/C63H41N3S2/c1-37(2)38-19-25-48-51-31-39(20-28-60(51)68-63(48)33-38)40-21-29-61-52(32-40)53-36-43(24-30-62(53)67-61)66-58-26-22-41(64-54-15-7-3-11-44(54)45-12-4-8-16-55(45)64)34-49(58)50-35-42(23-27-59(50)66)65-56-17-9-5-13-46(56)47-14-6-10-18-57(47)65/h3-37H,1-2H3. The largest absolute Gasteiger partial charge is 0.309 e. The Morgan fingerprint density at radius 3 is 1.12 bits per heavy atom. The van der Waals surface area contributed by atoms with E-state index in [1.807, 2.05) is 22.7 Å². The van der Waals surface area contributed by atoms with Crippen LogP contribution in [0.5, 0.6) is 0 Å². The van der Waals surface area contributed by atoms with E-state index in [1.54, 1.807) is 0 Å². The molecule has 0 fully saturated rings. The van der Waals surface area contributed by atoms with Gasteiger partial charge >= 0.3 is 0 Å². The van der Waals surface area contributed by atoms with E-state index in [4.69, 9.17) is 0 Å². The molecule has 0 spiro atoms. The third-order valence-electron chi connectivity index (χ3n) is 14.6. The number of hydrogen-bond acceptors (Lipinski definition) is 2. The van der Waals surface area contributed by atoms with Gasteiger partial charge in [0.25, 0.3) is 0 Å². The van der Waals surface area contributed by atoms with Crippen molar-refractivity contribution < 1.29 is 0 Å². The van der Waals surface area contributed by atoms with Gasteiger partial charge in [-0.05, 0) is 132 Å². The minimum Gasteiger partial charge on any atom is -0.309 e. The molecule has 15 rings (SSSR count). The van der Waals surface area contributed by atoms with Gasteiger partial charge in [-0.1, -0.05) is 111 Å². The first-order valence-electron chi connectivity index (χ1n) is 23.5. The third-order valence-corrected chi connectivity index (χ3v) is 16.9. The van der Waals surface area contributed by atoms with Gasteiger partial charge < -0.3 is 13.7 Å². The molecule has 5 heteroatoms. The molecular weight excluding hydrogens is 863 g/mol. The fourth-order valence-electron chi connectivity index (χ4n) is 11.4. The molecule has 68 heavy (non-hydrogen) atoms. The van der Waals surface area contributed by atoms with E-state index in [9.17, 15) is 0 Å². The number of fused-ring (bicyclic) bond motifs is 15. The van der Waals surface area contributed by atoms with Crippen molar-refractivity contribution in [2.45, 2.75) is 19.8 Å². The quantitative estimate of drug-likeness (QED) is 0.163. The molecule has 15 aromatic rings. The summed E-state index contributed by atoms with van der Waals surface area (Å²) >= 11 is 3.78. The van der Waals surface area contributed by atoms with Gasteiger partial charge in [-0.2, -0.15) is 0 Å². The minimum absolute atomic E-state index is 0.512. The average molecular weight is 904 g/mol. The number of benzene rings is 10. The lowest BCUT2D eigenvalue weighted by Gasteiger charge is -2.11. The van der Waals surface area contributed by atoms with E-state index in [1.165, 1.54) is 122 Å². The maximum atomic E-state index is 2.49. The molecule has 0 saturated carbocycles. The second kappa shape index (κ2) is 14.3. The zero-order valence-electron chi connectivity index (χ0n) is 37.4. The van der Waals surface area contributed by atoms with Gasteiger partial charge in [0.2, 0.25) is 0 Å². The summed E-state index contributed by atoms with van der Waals surface area (Å²) in [6.07, 6.45) is 0. The van der Waals surface area contributed by atoms with E-state index < -0.39 is 0 Å². The molecule has 5 heterocycles. The van der Waals surface area contributed by atoms with E-state index in [2.05, 4.69) is 234 Å². The normalized spacial score (nSPS) is 12.4. The Morgan fingerprint density at radius 1 is 0.279 bits per heavy atom. The zero-order valence-corrected chi connectivity index (χ0v) is 39.0. The number of para-hydroxylation sites is 4. The van der Waals surface area contributed by atoms with Crippen LogP contribution in [0.1, 0.15) is 25.3 Å². The molecule has 0 aliphatic heterocycles. The third kappa shape index (κ3) is 5.46. The van der Waals surface area contributed by atoms with E-state index in [0.29, 0.717) is 5.92 Å². The van der Waals surface area contributed by atoms with Crippen LogP contribution in [0.4, 0.5) is 0 Å². The molecule has 0 saturated heterocycles. The molecule has 3 nitrogen and oxygen atoms in total. The van der Waals surface area contributed by atoms with Crippen LogP contribution in [0, 0.1) is 0 Å². The van der Waals surface area contributed by atoms with Crippen LogP contribution in [0.25, 0.3) is 134 Å². The van der Waals surface area contributed by atoms with Gasteiger partial charge in [0, 0.05) is 89.7 Å². The van der Waals surface area contributed by atoms with Gasteiger partial charge in [0.1, 0.15) is 0 Å². The van der Waals surface area contributed by atoms with Crippen molar-refractivity contribution >= 4 is 128 Å². The van der Waals surface area contributed by atoms with Crippen LogP contribution in [-0.4, -0.2) is 13.7 Å². The fraction of sp³-hybridized carbons (Fsp3) is 0.0476. The summed E-state index contributed by atoms with van der Waals surface area (Å²) in [5.74, 6) is 0.512. The summed E-state index contributed by atoms with van der Waals surface area (Å²) in [7, 11) is 0. The topological polar surface area (TPSA) is 14.8 Å². The first kappa shape index (κ1) is 38.2. The molecule has 10 aromatic carbocycles. The molecule has 320 valence electrons. The van der Waals surface area contributed by atoms with Crippen molar-refractivity contribution in [1.29, 1.82) is 0 Å². The van der Waals surface area contributed by atoms with Crippen molar-refractivity contribution in [1.82, 2.24) is 13.7 Å². The maximum Gasteiger partial charge on any atom is 0.0542 e. The second-order valence-corrected chi connectivity index (χ2v) is 20.9. The van der Waals surface area contributed by atoms with Crippen LogP contribution in [0.15, 0.2) is 206 Å². The Labute approximate surface area is 399 Å². The Morgan fingerprint density at radius 2 is 0.647 bits per heavy atom. The monoisotopic (exact) mass is 903 g/mol. The lowest BCUT2D eigenvalue weighted by atomic mass is 9.99. The maximum absolute atomic E-state index is 2.49. The highest BCUT2D eigenvalue weighted by molar-refractivity contribution is 7.26. The Balaban J connectivity index is 0.941. The van der Waals surface area contributed by atoms with Crippen molar-refractivity contribution in [3.63, 3.8) is 0 Å². The molecule has 0 amide bonds. The first-order chi connectivity index (χ1) is 33.5. The Hall–Kier alpha value is -7.96. The number of nitrogens with zero attached hydrogens (tertiary/aromatic N) is 3. The summed E-state index contributed by atoms with van der Waals surface area (Å²) in [5, 5.41) is 12.8. The SMILES string of the molecule is CC(C)c1ccc2c(c1)sc1ccc(-c3ccc4sc5ccc(-n6c7ccc(-n8c9ccccc9c9ccccc98)cc7c7cc(-n8c9ccccc9c9ccccc98)ccc76)cc5c4c3)cc12. The molecular formula is C63H41N3S2. The Bertz CT molecular complexity index is 4330. The predicted octanol–water partition coefficient (Wildman–Crippen LogP) is 18.5.